The first-order valence-electron chi connectivity index (χ1n) is 8.22. The molecule has 2 amide bonds. The van der Waals surface area contributed by atoms with E-state index in [4.69, 9.17) is 27.9 Å². The van der Waals surface area contributed by atoms with E-state index < -0.39 is 5.91 Å². The zero-order valence-electron chi connectivity index (χ0n) is 14.6. The number of para-hydroxylation sites is 1. The number of nitrogens with zero attached hydrogens (tertiary/aromatic N) is 1. The monoisotopic (exact) mass is 394 g/mol. The lowest BCUT2D eigenvalue weighted by molar-refractivity contribution is -0.118. The molecule has 0 unspecified atom stereocenters. The molecule has 0 heterocycles. The minimum absolute atomic E-state index is 0.132. The first-order valence-corrected chi connectivity index (χ1v) is 8.97. The molecule has 138 valence electrons. The fourth-order valence-electron chi connectivity index (χ4n) is 2.38. The smallest absolute Gasteiger partial charge is 0.262 e. The van der Waals surface area contributed by atoms with Crippen LogP contribution in [0.5, 0.6) is 5.75 Å². The fraction of sp³-hybridized carbons (Fsp3) is 0.263. The molecule has 7 heteroatoms. The van der Waals surface area contributed by atoms with Crippen molar-refractivity contribution >= 4 is 40.7 Å². The van der Waals surface area contributed by atoms with Crippen molar-refractivity contribution in [3.8, 4) is 5.75 Å². The predicted molar refractivity (Wildman–Crippen MR) is 104 cm³/mol. The van der Waals surface area contributed by atoms with Gasteiger partial charge in [0, 0.05) is 18.1 Å². The van der Waals surface area contributed by atoms with Crippen molar-refractivity contribution in [1.29, 1.82) is 0 Å². The molecule has 2 aromatic rings. The van der Waals surface area contributed by atoms with Gasteiger partial charge >= 0.3 is 0 Å². The number of carbonyl (C=O) groups is 2. The van der Waals surface area contributed by atoms with Crippen molar-refractivity contribution in [2.45, 2.75) is 13.8 Å². The average Bonchev–Trinajstić information content (AvgIpc) is 2.62. The molecule has 0 aromatic heterocycles. The molecule has 0 bridgehead atoms. The topological polar surface area (TPSA) is 58.6 Å². The van der Waals surface area contributed by atoms with Crippen molar-refractivity contribution in [2.75, 3.05) is 25.0 Å². The van der Waals surface area contributed by atoms with Crippen molar-refractivity contribution in [1.82, 2.24) is 4.90 Å². The summed E-state index contributed by atoms with van der Waals surface area (Å²) in [5, 5.41) is 3.52. The second-order valence-corrected chi connectivity index (χ2v) is 6.28. The Bertz CT molecular complexity index is 792. The summed E-state index contributed by atoms with van der Waals surface area (Å²) in [6.07, 6.45) is 0. The molecule has 0 aliphatic carbocycles. The molecule has 0 atom stereocenters. The molecule has 0 spiro atoms. The normalized spacial score (nSPS) is 10.3. The minimum atomic E-state index is -0.393. The lowest BCUT2D eigenvalue weighted by Crippen LogP contribution is -2.31. The van der Waals surface area contributed by atoms with E-state index in [2.05, 4.69) is 5.32 Å². The van der Waals surface area contributed by atoms with Crippen LogP contribution in [0.2, 0.25) is 10.0 Å². The van der Waals surface area contributed by atoms with Crippen LogP contribution in [-0.4, -0.2) is 36.4 Å². The van der Waals surface area contributed by atoms with Crippen molar-refractivity contribution < 1.29 is 14.3 Å². The highest BCUT2D eigenvalue weighted by atomic mass is 35.5. The largest absolute Gasteiger partial charge is 0.482 e. The molecule has 0 fully saturated rings. The van der Waals surface area contributed by atoms with Crippen LogP contribution in [-0.2, 0) is 4.79 Å². The van der Waals surface area contributed by atoms with Crippen LogP contribution in [0, 0.1) is 0 Å². The third kappa shape index (κ3) is 5.13. The summed E-state index contributed by atoms with van der Waals surface area (Å²) < 4.78 is 5.42. The number of nitrogens with one attached hydrogen (secondary N) is 1. The number of hydrogen-bond acceptors (Lipinski definition) is 3. The second-order valence-electron chi connectivity index (χ2n) is 5.43. The Morgan fingerprint density at radius 2 is 1.77 bits per heavy atom. The quantitative estimate of drug-likeness (QED) is 0.752. The molecule has 0 saturated heterocycles. The Morgan fingerprint density at radius 3 is 2.42 bits per heavy atom. The van der Waals surface area contributed by atoms with E-state index in [0.29, 0.717) is 40.1 Å². The van der Waals surface area contributed by atoms with Gasteiger partial charge in [0.25, 0.3) is 11.8 Å². The third-order valence-electron chi connectivity index (χ3n) is 3.73. The zero-order valence-corrected chi connectivity index (χ0v) is 16.1. The number of amides is 2. The molecule has 26 heavy (non-hydrogen) atoms. The van der Waals surface area contributed by atoms with Gasteiger partial charge in [-0.2, -0.15) is 0 Å². The van der Waals surface area contributed by atoms with Crippen LogP contribution in [0.25, 0.3) is 0 Å². The highest BCUT2D eigenvalue weighted by molar-refractivity contribution is 6.35. The van der Waals surface area contributed by atoms with Gasteiger partial charge in [0.15, 0.2) is 6.61 Å². The highest BCUT2D eigenvalue weighted by Gasteiger charge is 2.17. The van der Waals surface area contributed by atoms with Crippen LogP contribution < -0.4 is 10.1 Å². The maximum absolute atomic E-state index is 12.6. The van der Waals surface area contributed by atoms with Crippen molar-refractivity contribution in [3.05, 3.63) is 58.1 Å². The Morgan fingerprint density at radius 1 is 1.08 bits per heavy atom. The maximum Gasteiger partial charge on any atom is 0.262 e. The molecule has 0 radical (unpaired) electrons. The van der Waals surface area contributed by atoms with Crippen LogP contribution in [0.15, 0.2) is 42.5 Å². The van der Waals surface area contributed by atoms with Gasteiger partial charge in [-0.3, -0.25) is 9.59 Å². The molecule has 0 saturated carbocycles. The third-order valence-corrected chi connectivity index (χ3v) is 4.27. The van der Waals surface area contributed by atoms with Crippen molar-refractivity contribution in [2.24, 2.45) is 0 Å². The lowest BCUT2D eigenvalue weighted by atomic mass is 10.1. The van der Waals surface area contributed by atoms with E-state index in [9.17, 15) is 9.59 Å². The van der Waals surface area contributed by atoms with Gasteiger partial charge in [0.1, 0.15) is 5.75 Å². The number of anilines is 1. The molecule has 0 aliphatic heterocycles. The summed E-state index contributed by atoms with van der Waals surface area (Å²) in [5.41, 5.74) is 0.884. The van der Waals surface area contributed by atoms with Crippen LogP contribution >= 0.6 is 23.2 Å². The lowest BCUT2D eigenvalue weighted by Gasteiger charge is -2.20. The van der Waals surface area contributed by atoms with Crippen molar-refractivity contribution in [3.63, 3.8) is 0 Å². The summed E-state index contributed by atoms with van der Waals surface area (Å²) >= 11 is 11.8. The number of ether oxygens (including phenoxy) is 1. The van der Waals surface area contributed by atoms with Gasteiger partial charge < -0.3 is 15.0 Å². The van der Waals surface area contributed by atoms with Gasteiger partial charge in [-0.25, -0.2) is 0 Å². The summed E-state index contributed by atoms with van der Waals surface area (Å²) in [6, 6.07) is 11.6. The molecular weight excluding hydrogens is 375 g/mol. The maximum atomic E-state index is 12.6. The molecule has 5 nitrogen and oxygen atoms in total. The van der Waals surface area contributed by atoms with Gasteiger partial charge in [0.2, 0.25) is 0 Å². The van der Waals surface area contributed by atoms with Crippen LogP contribution in [0.3, 0.4) is 0 Å². The van der Waals surface area contributed by atoms with E-state index in [1.54, 1.807) is 41.3 Å². The van der Waals surface area contributed by atoms with Gasteiger partial charge in [0.05, 0.1) is 16.3 Å². The van der Waals surface area contributed by atoms with Crippen LogP contribution in [0.1, 0.15) is 24.2 Å². The Hall–Kier alpha value is -2.24. The Labute approximate surface area is 162 Å². The van der Waals surface area contributed by atoms with E-state index in [-0.39, 0.29) is 12.5 Å². The summed E-state index contributed by atoms with van der Waals surface area (Å²) in [5.74, 6) is -0.165. The zero-order chi connectivity index (χ0) is 19.1. The fourth-order valence-corrected chi connectivity index (χ4v) is 2.84. The predicted octanol–water partition coefficient (Wildman–Crippen LogP) is 4.49. The van der Waals surface area contributed by atoms with Gasteiger partial charge in [-0.1, -0.05) is 35.3 Å². The highest BCUT2D eigenvalue weighted by Crippen LogP contribution is 2.27. The number of halogens is 2. The average molecular weight is 395 g/mol. The molecule has 2 rings (SSSR count). The Balaban J connectivity index is 2.06. The standard InChI is InChI=1S/C19H20Cl2N2O3/c1-3-23(4-2)19(25)14-7-5-6-8-16(14)22-18(24)12-26-17-10-9-13(20)11-15(17)21/h5-11H,3-4,12H2,1-2H3,(H,22,24). The molecule has 2 aromatic carbocycles. The summed E-state index contributed by atoms with van der Waals surface area (Å²) in [7, 11) is 0. The number of carbonyl (C=O) groups excluding carboxylic acids is 2. The molecule has 0 aliphatic rings. The van der Waals surface area contributed by atoms with Crippen LogP contribution in [0.4, 0.5) is 5.69 Å². The van der Waals surface area contributed by atoms with E-state index in [0.717, 1.165) is 0 Å². The minimum Gasteiger partial charge on any atom is -0.482 e. The van der Waals surface area contributed by atoms with Gasteiger partial charge in [-0.15, -0.1) is 0 Å². The van der Waals surface area contributed by atoms with Gasteiger partial charge in [-0.05, 0) is 44.2 Å². The first-order chi connectivity index (χ1) is 12.5. The number of hydrogen-bond donors (Lipinski definition) is 1. The Kier molecular flexibility index (Phi) is 7.30. The second kappa shape index (κ2) is 9.46. The SMILES string of the molecule is CCN(CC)C(=O)c1ccccc1NC(=O)COc1ccc(Cl)cc1Cl. The van der Waals surface area contributed by atoms with E-state index >= 15 is 0 Å². The number of rotatable bonds is 7. The molecule has 1 N–H and O–H groups in total. The summed E-state index contributed by atoms with van der Waals surface area (Å²) in [6.45, 7) is 4.76. The number of benzene rings is 2. The summed E-state index contributed by atoms with van der Waals surface area (Å²) in [4.78, 5) is 26.5. The van der Waals surface area contributed by atoms with E-state index in [1.165, 1.54) is 6.07 Å². The first kappa shape index (κ1) is 20.1. The molecular formula is C19H20Cl2N2O3. The van der Waals surface area contributed by atoms with E-state index in [1.807, 2.05) is 13.8 Å².